The van der Waals surface area contributed by atoms with Gasteiger partial charge in [0.2, 0.25) is 0 Å². The van der Waals surface area contributed by atoms with Crippen LogP contribution >= 0.6 is 23.2 Å². The lowest BCUT2D eigenvalue weighted by Gasteiger charge is -2.42. The molecule has 2 aliphatic rings. The Balaban J connectivity index is 1.93. The van der Waals surface area contributed by atoms with Crippen LogP contribution in [0, 0.1) is 5.92 Å². The first-order chi connectivity index (χ1) is 9.11. The zero-order valence-corrected chi connectivity index (χ0v) is 12.5. The summed E-state index contributed by atoms with van der Waals surface area (Å²) in [4.78, 5) is 2.45. The largest absolute Gasteiger partial charge is 0.396 e. The van der Waals surface area contributed by atoms with Crippen molar-refractivity contribution in [1.82, 2.24) is 4.90 Å². The standard InChI is InChI=1S/C15H19Cl2NO/c1-18-10-3-5-15(18)12(8-19)11(7-10)9-2-4-13(16)14(17)6-9/h2,4,6,10-12,15,19H,3,5,7-8H2,1H3/t10-,11?,12?,15+/m0/s1. The monoisotopic (exact) mass is 299 g/mol. The topological polar surface area (TPSA) is 23.5 Å². The lowest BCUT2D eigenvalue weighted by Crippen LogP contribution is -2.47. The maximum absolute atomic E-state index is 9.80. The first-order valence-corrected chi connectivity index (χ1v) is 7.65. The maximum Gasteiger partial charge on any atom is 0.0595 e. The number of halogens is 2. The molecule has 2 saturated heterocycles. The molecule has 2 aliphatic heterocycles. The SMILES string of the molecule is CN1[C@H]2CC[C@@H]1C(CO)C(c1ccc(Cl)c(Cl)c1)C2. The minimum atomic E-state index is 0.243. The van der Waals surface area contributed by atoms with Gasteiger partial charge in [-0.15, -0.1) is 0 Å². The van der Waals surface area contributed by atoms with Crippen LogP contribution in [0.2, 0.25) is 10.0 Å². The van der Waals surface area contributed by atoms with Crippen molar-refractivity contribution in [2.75, 3.05) is 13.7 Å². The van der Waals surface area contributed by atoms with Crippen LogP contribution in [0.1, 0.15) is 30.7 Å². The fourth-order valence-electron chi connectivity index (χ4n) is 3.95. The highest BCUT2D eigenvalue weighted by molar-refractivity contribution is 6.42. The lowest BCUT2D eigenvalue weighted by atomic mass is 9.76. The number of rotatable bonds is 2. The molecule has 0 saturated carbocycles. The summed E-state index contributed by atoms with van der Waals surface area (Å²) in [5, 5.41) is 11.0. The fourth-order valence-corrected chi connectivity index (χ4v) is 4.26. The van der Waals surface area contributed by atoms with Crippen LogP contribution in [0.25, 0.3) is 0 Å². The summed E-state index contributed by atoms with van der Waals surface area (Å²) in [5.74, 6) is 0.703. The summed E-state index contributed by atoms with van der Waals surface area (Å²) in [6.45, 7) is 0.243. The zero-order chi connectivity index (χ0) is 13.6. The van der Waals surface area contributed by atoms with Crippen molar-refractivity contribution in [3.05, 3.63) is 33.8 Å². The van der Waals surface area contributed by atoms with Crippen molar-refractivity contribution in [1.29, 1.82) is 0 Å². The van der Waals surface area contributed by atoms with Crippen LogP contribution in [0.4, 0.5) is 0 Å². The molecule has 4 heteroatoms. The third-order valence-corrected chi connectivity index (χ3v) is 5.75. The number of aliphatic hydroxyl groups excluding tert-OH is 1. The van der Waals surface area contributed by atoms with Gasteiger partial charge in [0.15, 0.2) is 0 Å². The average molecular weight is 300 g/mol. The van der Waals surface area contributed by atoms with E-state index in [1.54, 1.807) is 0 Å². The molecule has 2 fully saturated rings. The quantitative estimate of drug-likeness (QED) is 0.903. The molecule has 2 nitrogen and oxygen atoms in total. The van der Waals surface area contributed by atoms with E-state index >= 15 is 0 Å². The summed E-state index contributed by atoms with van der Waals surface area (Å²) in [6.07, 6.45) is 3.55. The van der Waals surface area contributed by atoms with E-state index in [9.17, 15) is 5.11 Å². The number of hydrogen-bond acceptors (Lipinski definition) is 2. The Hall–Kier alpha value is -0.280. The van der Waals surface area contributed by atoms with Crippen LogP contribution in [-0.4, -0.2) is 35.7 Å². The molecule has 2 bridgehead atoms. The molecule has 1 N–H and O–H groups in total. The molecule has 3 rings (SSSR count). The van der Waals surface area contributed by atoms with Crippen molar-refractivity contribution < 1.29 is 5.11 Å². The summed E-state index contributed by atoms with van der Waals surface area (Å²) >= 11 is 12.1. The molecule has 4 atom stereocenters. The third-order valence-electron chi connectivity index (χ3n) is 5.01. The highest BCUT2D eigenvalue weighted by Gasteiger charge is 2.45. The van der Waals surface area contributed by atoms with Gasteiger partial charge in [-0.25, -0.2) is 0 Å². The Labute approximate surface area is 124 Å². The Bertz CT molecular complexity index is 479. The van der Waals surface area contributed by atoms with E-state index in [0.29, 0.717) is 34.0 Å². The van der Waals surface area contributed by atoms with E-state index in [1.165, 1.54) is 18.4 Å². The van der Waals surface area contributed by atoms with E-state index in [4.69, 9.17) is 23.2 Å². The molecule has 0 aliphatic carbocycles. The van der Waals surface area contributed by atoms with Gasteiger partial charge in [-0.3, -0.25) is 0 Å². The first kappa shape index (κ1) is 13.7. The van der Waals surface area contributed by atoms with E-state index in [0.717, 1.165) is 6.42 Å². The minimum absolute atomic E-state index is 0.243. The smallest absolute Gasteiger partial charge is 0.0595 e. The van der Waals surface area contributed by atoms with Gasteiger partial charge in [0.1, 0.15) is 0 Å². The molecule has 0 radical (unpaired) electrons. The average Bonchev–Trinajstić information content (AvgIpc) is 2.65. The second-order valence-electron chi connectivity index (χ2n) is 5.83. The second kappa shape index (κ2) is 5.25. The lowest BCUT2D eigenvalue weighted by molar-refractivity contribution is 0.0592. The van der Waals surface area contributed by atoms with Gasteiger partial charge in [0, 0.05) is 24.6 Å². The number of fused-ring (bicyclic) bond motifs is 2. The summed E-state index contributed by atoms with van der Waals surface area (Å²) in [7, 11) is 2.19. The predicted molar refractivity (Wildman–Crippen MR) is 79.0 cm³/mol. The van der Waals surface area contributed by atoms with Crippen LogP contribution in [0.5, 0.6) is 0 Å². The van der Waals surface area contributed by atoms with Gasteiger partial charge >= 0.3 is 0 Å². The van der Waals surface area contributed by atoms with E-state index in [-0.39, 0.29) is 6.61 Å². The molecule has 1 aromatic carbocycles. The van der Waals surface area contributed by atoms with Gasteiger partial charge in [-0.1, -0.05) is 29.3 Å². The van der Waals surface area contributed by atoms with Crippen LogP contribution < -0.4 is 0 Å². The number of piperidine rings is 1. The van der Waals surface area contributed by atoms with E-state index in [2.05, 4.69) is 18.0 Å². The Morgan fingerprint density at radius 2 is 2.05 bits per heavy atom. The van der Waals surface area contributed by atoms with Crippen LogP contribution in [0.15, 0.2) is 18.2 Å². The zero-order valence-electron chi connectivity index (χ0n) is 11.0. The van der Waals surface area contributed by atoms with Crippen molar-refractivity contribution in [2.24, 2.45) is 5.92 Å². The molecule has 0 spiro atoms. The van der Waals surface area contributed by atoms with Crippen molar-refractivity contribution in [3.8, 4) is 0 Å². The molecule has 1 aromatic rings. The maximum atomic E-state index is 9.80. The van der Waals surface area contributed by atoms with Gasteiger partial charge in [-0.05, 0) is 49.9 Å². The van der Waals surface area contributed by atoms with Crippen molar-refractivity contribution in [3.63, 3.8) is 0 Å². The third kappa shape index (κ3) is 2.29. The van der Waals surface area contributed by atoms with Gasteiger partial charge in [-0.2, -0.15) is 0 Å². The molecular weight excluding hydrogens is 281 g/mol. The molecule has 0 amide bonds. The normalized spacial score (nSPS) is 34.7. The number of benzene rings is 1. The Morgan fingerprint density at radius 3 is 2.74 bits per heavy atom. The molecule has 104 valence electrons. The minimum Gasteiger partial charge on any atom is -0.396 e. The van der Waals surface area contributed by atoms with Gasteiger partial charge in [0.25, 0.3) is 0 Å². The van der Waals surface area contributed by atoms with E-state index in [1.807, 2.05) is 12.1 Å². The van der Waals surface area contributed by atoms with Crippen molar-refractivity contribution in [2.45, 2.75) is 37.3 Å². The van der Waals surface area contributed by atoms with E-state index < -0.39 is 0 Å². The number of nitrogens with zero attached hydrogens (tertiary/aromatic N) is 1. The van der Waals surface area contributed by atoms with Crippen LogP contribution in [-0.2, 0) is 0 Å². The fraction of sp³-hybridized carbons (Fsp3) is 0.600. The Kier molecular flexibility index (Phi) is 3.78. The number of aliphatic hydroxyl groups is 1. The number of hydrogen-bond donors (Lipinski definition) is 1. The molecular formula is C15H19Cl2NO. The molecule has 0 aromatic heterocycles. The highest BCUT2D eigenvalue weighted by atomic mass is 35.5. The second-order valence-corrected chi connectivity index (χ2v) is 6.64. The summed E-state index contributed by atoms with van der Waals surface area (Å²) < 4.78 is 0. The van der Waals surface area contributed by atoms with Gasteiger partial charge in [0.05, 0.1) is 10.0 Å². The van der Waals surface area contributed by atoms with Crippen LogP contribution in [0.3, 0.4) is 0 Å². The molecule has 2 unspecified atom stereocenters. The van der Waals surface area contributed by atoms with Crippen molar-refractivity contribution >= 4 is 23.2 Å². The summed E-state index contributed by atoms with van der Waals surface area (Å²) in [5.41, 5.74) is 1.22. The first-order valence-electron chi connectivity index (χ1n) is 6.89. The molecule has 19 heavy (non-hydrogen) atoms. The van der Waals surface area contributed by atoms with Gasteiger partial charge < -0.3 is 10.0 Å². The summed E-state index contributed by atoms with van der Waals surface area (Å²) in [6, 6.07) is 7.05. The Morgan fingerprint density at radius 1 is 1.26 bits per heavy atom. The highest BCUT2D eigenvalue weighted by Crippen LogP contribution is 2.46. The predicted octanol–water partition coefficient (Wildman–Crippen LogP) is 3.55. The molecule has 2 heterocycles.